The fourth-order valence-corrected chi connectivity index (χ4v) is 4.72. The van der Waals surface area contributed by atoms with Crippen LogP contribution in [0.5, 0.6) is 5.88 Å². The zero-order valence-corrected chi connectivity index (χ0v) is 20.7. The van der Waals surface area contributed by atoms with Gasteiger partial charge in [0.15, 0.2) is 0 Å². The molecule has 0 spiro atoms. The molecular formula is C26H35N5O4. The standard InChI is InChI=1S/C26H35N5O4/c1-17-14-31(18(2)16-32)25(33)22-11-20(19-7-6-10-27-12-19)13-28-24(22)35-23(17)15-30(3)26(34)29-21-8-4-5-9-21/h6-7,10-13,17-18,21,23,32H,4-5,8-9,14-16H2,1-3H3,(H,29,34)/t17-,18-,23+/m0/s1. The summed E-state index contributed by atoms with van der Waals surface area (Å²) in [6.07, 6.45) is 9.02. The molecule has 2 N–H and O–H groups in total. The number of nitrogens with zero attached hydrogens (tertiary/aromatic N) is 4. The van der Waals surface area contributed by atoms with Crippen LogP contribution < -0.4 is 10.1 Å². The van der Waals surface area contributed by atoms with Crippen LogP contribution in [0, 0.1) is 5.92 Å². The number of carbonyl (C=O) groups is 2. The van der Waals surface area contributed by atoms with Gasteiger partial charge in [0, 0.05) is 55.3 Å². The summed E-state index contributed by atoms with van der Waals surface area (Å²) in [6.45, 7) is 4.40. The molecule has 0 unspecified atom stereocenters. The van der Waals surface area contributed by atoms with E-state index < -0.39 is 0 Å². The van der Waals surface area contributed by atoms with Crippen molar-refractivity contribution in [1.82, 2.24) is 25.1 Å². The Hall–Kier alpha value is -3.20. The van der Waals surface area contributed by atoms with Gasteiger partial charge in [0.1, 0.15) is 11.7 Å². The number of ether oxygens (including phenoxy) is 1. The molecule has 3 atom stereocenters. The number of carbonyl (C=O) groups excluding carboxylic acids is 2. The molecule has 188 valence electrons. The Kier molecular flexibility index (Phi) is 7.85. The van der Waals surface area contributed by atoms with Crippen LogP contribution in [0.2, 0.25) is 0 Å². The predicted octanol–water partition coefficient (Wildman–Crippen LogP) is 2.95. The minimum Gasteiger partial charge on any atom is -0.472 e. The number of hydrogen-bond acceptors (Lipinski definition) is 6. The van der Waals surface area contributed by atoms with Crippen LogP contribution in [0.15, 0.2) is 36.8 Å². The van der Waals surface area contributed by atoms with Gasteiger partial charge in [-0.25, -0.2) is 9.78 Å². The number of hydrogen-bond donors (Lipinski definition) is 2. The van der Waals surface area contributed by atoms with E-state index in [2.05, 4.69) is 15.3 Å². The summed E-state index contributed by atoms with van der Waals surface area (Å²) in [4.78, 5) is 38.3. The third-order valence-corrected chi connectivity index (χ3v) is 7.00. The molecule has 4 rings (SSSR count). The first-order chi connectivity index (χ1) is 16.9. The fourth-order valence-electron chi connectivity index (χ4n) is 4.72. The molecule has 2 aromatic rings. The number of pyridine rings is 2. The highest BCUT2D eigenvalue weighted by molar-refractivity contribution is 5.98. The van der Waals surface area contributed by atoms with Crippen LogP contribution in [0.1, 0.15) is 49.9 Å². The number of amides is 3. The lowest BCUT2D eigenvalue weighted by molar-refractivity contribution is 0.0351. The summed E-state index contributed by atoms with van der Waals surface area (Å²) >= 11 is 0. The molecule has 0 aromatic carbocycles. The van der Waals surface area contributed by atoms with Crippen molar-refractivity contribution in [3.63, 3.8) is 0 Å². The van der Waals surface area contributed by atoms with Gasteiger partial charge >= 0.3 is 6.03 Å². The van der Waals surface area contributed by atoms with Gasteiger partial charge in [-0.3, -0.25) is 9.78 Å². The molecule has 0 bridgehead atoms. The number of aromatic nitrogens is 2. The van der Waals surface area contributed by atoms with E-state index in [1.54, 1.807) is 41.5 Å². The van der Waals surface area contributed by atoms with E-state index in [4.69, 9.17) is 4.74 Å². The Balaban J connectivity index is 1.61. The van der Waals surface area contributed by atoms with Gasteiger partial charge in [-0.2, -0.15) is 0 Å². The summed E-state index contributed by atoms with van der Waals surface area (Å²) < 4.78 is 6.30. The van der Waals surface area contributed by atoms with Crippen molar-refractivity contribution in [1.29, 1.82) is 0 Å². The molecule has 1 saturated carbocycles. The number of likely N-dealkylation sites (N-methyl/N-ethyl adjacent to an activating group) is 1. The minimum absolute atomic E-state index is 0.0948. The van der Waals surface area contributed by atoms with E-state index in [9.17, 15) is 14.7 Å². The number of urea groups is 1. The van der Waals surface area contributed by atoms with Gasteiger partial charge < -0.3 is 25.0 Å². The van der Waals surface area contributed by atoms with Crippen molar-refractivity contribution in [3.05, 3.63) is 42.4 Å². The first kappa shape index (κ1) is 24.9. The van der Waals surface area contributed by atoms with Crippen LogP contribution in [0.25, 0.3) is 11.1 Å². The second-order valence-electron chi connectivity index (χ2n) is 9.75. The van der Waals surface area contributed by atoms with E-state index in [1.165, 1.54) is 0 Å². The Morgan fingerprint density at radius 1 is 1.31 bits per heavy atom. The smallest absolute Gasteiger partial charge is 0.317 e. The zero-order chi connectivity index (χ0) is 24.9. The monoisotopic (exact) mass is 481 g/mol. The van der Waals surface area contributed by atoms with Crippen molar-refractivity contribution < 1.29 is 19.4 Å². The molecular weight excluding hydrogens is 446 g/mol. The summed E-state index contributed by atoms with van der Waals surface area (Å²) in [6, 6.07) is 5.24. The van der Waals surface area contributed by atoms with Crippen molar-refractivity contribution >= 4 is 11.9 Å². The van der Waals surface area contributed by atoms with Crippen molar-refractivity contribution in [3.8, 4) is 17.0 Å². The number of aliphatic hydroxyl groups is 1. The topological polar surface area (TPSA) is 108 Å². The third kappa shape index (κ3) is 5.73. The number of fused-ring (bicyclic) bond motifs is 1. The molecule has 9 nitrogen and oxygen atoms in total. The normalized spacial score (nSPS) is 21.5. The number of aliphatic hydroxyl groups excluding tert-OH is 1. The lowest BCUT2D eigenvalue weighted by Crippen LogP contribution is -2.52. The third-order valence-electron chi connectivity index (χ3n) is 7.00. The predicted molar refractivity (Wildman–Crippen MR) is 132 cm³/mol. The second-order valence-corrected chi connectivity index (χ2v) is 9.75. The largest absolute Gasteiger partial charge is 0.472 e. The van der Waals surface area contributed by atoms with Crippen LogP contribution in [-0.2, 0) is 0 Å². The Bertz CT molecular complexity index is 1030. The minimum atomic E-state index is -0.383. The molecule has 9 heteroatoms. The molecule has 3 amide bonds. The van der Waals surface area contributed by atoms with Crippen LogP contribution in [-0.4, -0.2) is 81.7 Å². The van der Waals surface area contributed by atoms with E-state index in [0.717, 1.165) is 36.8 Å². The first-order valence-corrected chi connectivity index (χ1v) is 12.4. The van der Waals surface area contributed by atoms with Gasteiger partial charge in [-0.05, 0) is 31.9 Å². The van der Waals surface area contributed by atoms with Crippen molar-refractivity contribution in [2.24, 2.45) is 5.92 Å². The summed E-state index contributed by atoms with van der Waals surface area (Å²) in [5.41, 5.74) is 1.93. The average molecular weight is 482 g/mol. The molecule has 0 saturated heterocycles. The first-order valence-electron chi connectivity index (χ1n) is 12.4. The molecule has 3 heterocycles. The Labute approximate surface area is 206 Å². The van der Waals surface area contributed by atoms with Crippen LogP contribution >= 0.6 is 0 Å². The number of rotatable bonds is 6. The van der Waals surface area contributed by atoms with Crippen LogP contribution in [0.4, 0.5) is 4.79 Å². The molecule has 1 aliphatic carbocycles. The summed E-state index contributed by atoms with van der Waals surface area (Å²) in [5.74, 6) is -0.0982. The molecule has 1 aliphatic heterocycles. The van der Waals surface area contributed by atoms with Gasteiger partial charge in [-0.1, -0.05) is 25.8 Å². The molecule has 1 fully saturated rings. The van der Waals surface area contributed by atoms with E-state index >= 15 is 0 Å². The maximum Gasteiger partial charge on any atom is 0.317 e. The molecule has 2 aromatic heterocycles. The van der Waals surface area contributed by atoms with Gasteiger partial charge in [0.2, 0.25) is 5.88 Å². The lowest BCUT2D eigenvalue weighted by atomic mass is 9.99. The average Bonchev–Trinajstić information content (AvgIpc) is 3.39. The number of nitrogens with one attached hydrogen (secondary N) is 1. The van der Waals surface area contributed by atoms with E-state index in [-0.39, 0.29) is 48.5 Å². The van der Waals surface area contributed by atoms with Gasteiger partial charge in [0.25, 0.3) is 5.91 Å². The van der Waals surface area contributed by atoms with Crippen molar-refractivity contribution in [2.75, 3.05) is 26.7 Å². The SMILES string of the molecule is C[C@H]1CN([C@@H](C)CO)C(=O)c2cc(-c3cccnc3)cnc2O[C@@H]1CN(C)C(=O)NC1CCCC1. The quantitative estimate of drug-likeness (QED) is 0.657. The zero-order valence-electron chi connectivity index (χ0n) is 20.7. The maximum absolute atomic E-state index is 13.6. The highest BCUT2D eigenvalue weighted by Gasteiger charge is 2.35. The van der Waals surface area contributed by atoms with Crippen molar-refractivity contribution in [2.45, 2.75) is 57.7 Å². The van der Waals surface area contributed by atoms with Gasteiger partial charge in [-0.15, -0.1) is 0 Å². The highest BCUT2D eigenvalue weighted by atomic mass is 16.5. The van der Waals surface area contributed by atoms with E-state index in [1.807, 2.05) is 26.0 Å². The summed E-state index contributed by atoms with van der Waals surface area (Å²) in [7, 11) is 1.76. The van der Waals surface area contributed by atoms with Crippen LogP contribution in [0.3, 0.4) is 0 Å². The van der Waals surface area contributed by atoms with Gasteiger partial charge in [0.05, 0.1) is 19.2 Å². The second kappa shape index (κ2) is 11.0. The summed E-state index contributed by atoms with van der Waals surface area (Å²) in [5, 5.41) is 13.0. The Morgan fingerprint density at radius 3 is 2.77 bits per heavy atom. The lowest BCUT2D eigenvalue weighted by Gasteiger charge is -2.37. The molecule has 0 radical (unpaired) electrons. The molecule has 2 aliphatic rings. The molecule has 35 heavy (non-hydrogen) atoms. The highest BCUT2D eigenvalue weighted by Crippen LogP contribution is 2.30. The Morgan fingerprint density at radius 2 is 2.09 bits per heavy atom. The fraction of sp³-hybridized carbons (Fsp3) is 0.538. The van der Waals surface area contributed by atoms with E-state index in [0.29, 0.717) is 18.7 Å². The maximum atomic E-state index is 13.6.